The van der Waals surface area contributed by atoms with E-state index in [1.807, 2.05) is 0 Å². The molecule has 0 aliphatic carbocycles. The average molecular weight is 114 g/mol. The van der Waals surface area contributed by atoms with Crippen molar-refractivity contribution < 1.29 is 0 Å². The Labute approximate surface area is 49.6 Å². The van der Waals surface area contributed by atoms with Crippen LogP contribution in [0.25, 0.3) is 0 Å². The minimum atomic E-state index is -0.285. The first-order valence-corrected chi connectivity index (χ1v) is 2.57. The lowest BCUT2D eigenvalue weighted by Crippen LogP contribution is -2.35. The van der Waals surface area contributed by atoms with E-state index in [1.165, 1.54) is 0 Å². The van der Waals surface area contributed by atoms with Crippen molar-refractivity contribution in [2.45, 2.75) is 18.9 Å². The Hall–Kier alpha value is -0.570. The Morgan fingerprint density at radius 1 is 1.75 bits per heavy atom. The van der Waals surface area contributed by atoms with Gasteiger partial charge in [0.25, 0.3) is 0 Å². The van der Waals surface area contributed by atoms with Crippen LogP contribution in [-0.4, -0.2) is 11.9 Å². The van der Waals surface area contributed by atoms with Crippen molar-refractivity contribution >= 4 is 5.84 Å². The second-order valence-corrected chi connectivity index (χ2v) is 1.70. The van der Waals surface area contributed by atoms with Crippen molar-refractivity contribution in [2.75, 3.05) is 0 Å². The molecule has 0 rings (SSSR count). The van der Waals surface area contributed by atoms with Crippen LogP contribution < -0.4 is 11.5 Å². The maximum atomic E-state index is 6.83. The van der Waals surface area contributed by atoms with Crippen molar-refractivity contribution in [1.29, 1.82) is 5.41 Å². The summed E-state index contributed by atoms with van der Waals surface area (Å²) in [5.74, 6) is 0.0497. The minimum Gasteiger partial charge on any atom is -0.386 e. The normalized spacial score (nSPS) is 13.2. The molecule has 3 heteroatoms. The molecule has 0 saturated heterocycles. The van der Waals surface area contributed by atoms with Crippen LogP contribution >= 0.6 is 0 Å². The lowest BCUT2D eigenvalue weighted by atomic mass is 10.2. The molecule has 0 saturated carbocycles. The summed E-state index contributed by atoms with van der Waals surface area (Å²) >= 11 is 0. The zero-order chi connectivity index (χ0) is 6.57. The Kier molecular flexibility index (Phi) is 3.19. The summed E-state index contributed by atoms with van der Waals surface area (Å²) in [6.07, 6.45) is 1.44. The first-order chi connectivity index (χ1) is 3.68. The van der Waals surface area contributed by atoms with E-state index in [0.29, 0.717) is 6.42 Å². The molecule has 5 N–H and O–H groups in total. The fourth-order valence-corrected chi connectivity index (χ4v) is 0.375. The van der Waals surface area contributed by atoms with Gasteiger partial charge < -0.3 is 11.5 Å². The van der Waals surface area contributed by atoms with Gasteiger partial charge in [-0.15, -0.1) is 0 Å². The molecule has 0 aromatic carbocycles. The number of hydrogen-bond acceptors (Lipinski definition) is 2. The van der Waals surface area contributed by atoms with Crippen LogP contribution in [0.4, 0.5) is 0 Å². The predicted molar refractivity (Wildman–Crippen MR) is 34.5 cm³/mol. The largest absolute Gasteiger partial charge is 0.386 e. The number of hydrogen-bond donors (Lipinski definition) is 3. The summed E-state index contributed by atoms with van der Waals surface area (Å²) < 4.78 is 0. The van der Waals surface area contributed by atoms with E-state index in [0.717, 1.165) is 6.42 Å². The van der Waals surface area contributed by atoms with Crippen LogP contribution in [-0.2, 0) is 0 Å². The highest BCUT2D eigenvalue weighted by Crippen LogP contribution is 1.89. The summed E-state index contributed by atoms with van der Waals surface area (Å²) in [4.78, 5) is 0. The van der Waals surface area contributed by atoms with Crippen molar-refractivity contribution in [3.05, 3.63) is 6.92 Å². The molecule has 3 nitrogen and oxygen atoms in total. The van der Waals surface area contributed by atoms with Crippen LogP contribution in [0.1, 0.15) is 12.8 Å². The zero-order valence-electron chi connectivity index (χ0n) is 4.85. The maximum Gasteiger partial charge on any atom is 0.108 e. The van der Waals surface area contributed by atoms with E-state index in [9.17, 15) is 0 Å². The quantitative estimate of drug-likeness (QED) is 0.353. The molecule has 0 aromatic heterocycles. The second kappa shape index (κ2) is 3.43. The predicted octanol–water partition coefficient (Wildman–Crippen LogP) is -0.136. The average Bonchev–Trinajstić information content (AvgIpc) is 1.67. The van der Waals surface area contributed by atoms with Gasteiger partial charge in [-0.1, -0.05) is 13.3 Å². The fraction of sp³-hybridized carbons (Fsp3) is 0.600. The first-order valence-electron chi connectivity index (χ1n) is 2.57. The van der Waals surface area contributed by atoms with Crippen LogP contribution in [0.5, 0.6) is 0 Å². The molecule has 0 aliphatic rings. The van der Waals surface area contributed by atoms with Crippen LogP contribution in [0, 0.1) is 12.3 Å². The van der Waals surface area contributed by atoms with E-state index < -0.39 is 0 Å². The van der Waals surface area contributed by atoms with Gasteiger partial charge in [0, 0.05) is 0 Å². The van der Waals surface area contributed by atoms with Crippen molar-refractivity contribution in [3.8, 4) is 0 Å². The molecule has 0 aromatic rings. The number of nitrogens with two attached hydrogens (primary N) is 2. The summed E-state index contributed by atoms with van der Waals surface area (Å²) in [6.45, 7) is 3.58. The number of rotatable bonds is 3. The Balaban J connectivity index is 3.32. The van der Waals surface area contributed by atoms with Gasteiger partial charge >= 0.3 is 0 Å². The monoisotopic (exact) mass is 114 g/mol. The van der Waals surface area contributed by atoms with Gasteiger partial charge in [-0.2, -0.15) is 0 Å². The second-order valence-electron chi connectivity index (χ2n) is 1.70. The van der Waals surface area contributed by atoms with Gasteiger partial charge in [0.2, 0.25) is 0 Å². The highest BCUT2D eigenvalue weighted by Gasteiger charge is 2.01. The third-order valence-electron chi connectivity index (χ3n) is 0.915. The maximum absolute atomic E-state index is 6.83. The molecule has 0 amide bonds. The summed E-state index contributed by atoms with van der Waals surface area (Å²) in [6, 6.07) is -0.285. The van der Waals surface area contributed by atoms with Crippen molar-refractivity contribution in [1.82, 2.24) is 0 Å². The molecule has 1 radical (unpaired) electrons. The first kappa shape index (κ1) is 7.43. The smallest absolute Gasteiger partial charge is 0.108 e. The Bertz CT molecular complexity index is 79.7. The molecular weight excluding hydrogens is 102 g/mol. The summed E-state index contributed by atoms with van der Waals surface area (Å²) in [7, 11) is 0. The van der Waals surface area contributed by atoms with E-state index in [1.54, 1.807) is 0 Å². The van der Waals surface area contributed by atoms with Gasteiger partial charge in [-0.3, -0.25) is 5.41 Å². The van der Waals surface area contributed by atoms with E-state index in [4.69, 9.17) is 16.9 Å². The summed E-state index contributed by atoms with van der Waals surface area (Å²) in [5.41, 5.74) is 10.4. The van der Waals surface area contributed by atoms with Gasteiger partial charge in [0.1, 0.15) is 5.84 Å². The Morgan fingerprint density at radius 3 is 2.38 bits per heavy atom. The third-order valence-corrected chi connectivity index (χ3v) is 0.915. The highest BCUT2D eigenvalue weighted by atomic mass is 14.8. The molecule has 0 heterocycles. The molecule has 0 fully saturated rings. The Morgan fingerprint density at radius 2 is 2.25 bits per heavy atom. The lowest BCUT2D eigenvalue weighted by molar-refractivity contribution is 0.754. The van der Waals surface area contributed by atoms with Gasteiger partial charge in [-0.25, -0.2) is 0 Å². The molecule has 1 unspecified atom stereocenters. The van der Waals surface area contributed by atoms with E-state index >= 15 is 0 Å². The van der Waals surface area contributed by atoms with Crippen LogP contribution in [0.2, 0.25) is 0 Å². The highest BCUT2D eigenvalue weighted by molar-refractivity contribution is 5.82. The number of amidine groups is 1. The molecule has 8 heavy (non-hydrogen) atoms. The van der Waals surface area contributed by atoms with Crippen LogP contribution in [0.15, 0.2) is 0 Å². The number of nitrogens with one attached hydrogen (secondary N) is 1. The molecule has 0 spiro atoms. The van der Waals surface area contributed by atoms with E-state index in [2.05, 4.69) is 6.92 Å². The zero-order valence-corrected chi connectivity index (χ0v) is 4.85. The lowest BCUT2D eigenvalue weighted by Gasteiger charge is -2.05. The van der Waals surface area contributed by atoms with Crippen molar-refractivity contribution in [3.63, 3.8) is 0 Å². The SMILES string of the molecule is [CH2]CCC(N)C(=N)N. The van der Waals surface area contributed by atoms with Crippen LogP contribution in [0.3, 0.4) is 0 Å². The topological polar surface area (TPSA) is 75.9 Å². The van der Waals surface area contributed by atoms with Gasteiger partial charge in [0.15, 0.2) is 0 Å². The standard InChI is InChI=1S/C5H12N3/c1-2-3-4(6)5(7)8/h4H,1-3,6H2,(H3,7,8). The minimum absolute atomic E-state index is 0.0497. The van der Waals surface area contributed by atoms with Gasteiger partial charge in [0.05, 0.1) is 6.04 Å². The molecular formula is C5H12N3. The van der Waals surface area contributed by atoms with Gasteiger partial charge in [-0.05, 0) is 6.42 Å². The molecule has 0 bridgehead atoms. The third kappa shape index (κ3) is 2.58. The molecule has 1 atom stereocenters. The fourth-order valence-electron chi connectivity index (χ4n) is 0.375. The molecule has 47 valence electrons. The summed E-state index contributed by atoms with van der Waals surface area (Å²) in [5, 5.41) is 6.83. The molecule has 0 aliphatic heterocycles. The van der Waals surface area contributed by atoms with Crippen molar-refractivity contribution in [2.24, 2.45) is 11.5 Å². The van der Waals surface area contributed by atoms with E-state index in [-0.39, 0.29) is 11.9 Å².